The van der Waals surface area contributed by atoms with E-state index in [1.807, 2.05) is 0 Å². The minimum Gasteiger partial charge on any atom is -0.329 e. The van der Waals surface area contributed by atoms with Crippen molar-refractivity contribution >= 4 is 15.9 Å². The Morgan fingerprint density at radius 1 is 1.30 bits per heavy atom. The first-order valence-corrected chi connectivity index (χ1v) is 8.15. The van der Waals surface area contributed by atoms with Gasteiger partial charge in [0.2, 0.25) is 0 Å². The van der Waals surface area contributed by atoms with Crippen LogP contribution in [0.2, 0.25) is 0 Å². The molecule has 2 rings (SSSR count). The number of aryl methyl sites for hydroxylation is 1. The molecule has 3 nitrogen and oxygen atoms in total. The van der Waals surface area contributed by atoms with Crippen molar-refractivity contribution < 1.29 is 0 Å². The molecule has 20 heavy (non-hydrogen) atoms. The fraction of sp³-hybridized carbons (Fsp3) is 0.625. The fourth-order valence-electron chi connectivity index (χ4n) is 3.01. The zero-order valence-corrected chi connectivity index (χ0v) is 14.5. The highest BCUT2D eigenvalue weighted by molar-refractivity contribution is 9.10. The zero-order chi connectivity index (χ0) is 14.9. The van der Waals surface area contributed by atoms with Crippen LogP contribution in [0.15, 0.2) is 22.7 Å². The molecular formula is C16H26BrN3. The highest BCUT2D eigenvalue weighted by Crippen LogP contribution is 2.28. The highest BCUT2D eigenvalue weighted by Gasteiger charge is 2.30. The van der Waals surface area contributed by atoms with Crippen molar-refractivity contribution in [1.29, 1.82) is 0 Å². The third kappa shape index (κ3) is 3.25. The summed E-state index contributed by atoms with van der Waals surface area (Å²) in [6.45, 7) is 9.52. The molecule has 1 heterocycles. The average molecular weight is 340 g/mol. The Morgan fingerprint density at radius 2 is 1.90 bits per heavy atom. The van der Waals surface area contributed by atoms with Gasteiger partial charge in [0.15, 0.2) is 0 Å². The van der Waals surface area contributed by atoms with Crippen LogP contribution in [0, 0.1) is 6.92 Å². The number of nitrogens with two attached hydrogens (primary N) is 1. The van der Waals surface area contributed by atoms with E-state index in [-0.39, 0.29) is 0 Å². The fourth-order valence-corrected chi connectivity index (χ4v) is 3.41. The Balaban J connectivity index is 2.21. The summed E-state index contributed by atoms with van der Waals surface area (Å²) < 4.78 is 1.17. The molecule has 0 spiro atoms. The van der Waals surface area contributed by atoms with Crippen molar-refractivity contribution in [2.24, 2.45) is 5.73 Å². The molecule has 3 unspecified atom stereocenters. The molecule has 1 saturated heterocycles. The largest absolute Gasteiger partial charge is 0.329 e. The summed E-state index contributed by atoms with van der Waals surface area (Å²) >= 11 is 3.63. The monoisotopic (exact) mass is 339 g/mol. The lowest BCUT2D eigenvalue weighted by Crippen LogP contribution is -2.56. The molecule has 0 saturated carbocycles. The summed E-state index contributed by atoms with van der Waals surface area (Å²) in [7, 11) is 2.21. The predicted molar refractivity (Wildman–Crippen MR) is 88.9 cm³/mol. The van der Waals surface area contributed by atoms with Crippen molar-refractivity contribution in [3.63, 3.8) is 0 Å². The number of rotatable bonds is 3. The first-order valence-electron chi connectivity index (χ1n) is 7.36. The average Bonchev–Trinajstić information content (AvgIpc) is 2.41. The lowest BCUT2D eigenvalue weighted by Gasteiger charge is -2.45. The lowest BCUT2D eigenvalue weighted by atomic mass is 10.00. The molecule has 2 N–H and O–H groups in total. The van der Waals surface area contributed by atoms with Crippen LogP contribution >= 0.6 is 15.9 Å². The normalized spacial score (nSPS) is 26.7. The van der Waals surface area contributed by atoms with Gasteiger partial charge in [0, 0.05) is 42.2 Å². The Bertz CT molecular complexity index is 451. The third-order valence-electron chi connectivity index (χ3n) is 4.63. The van der Waals surface area contributed by atoms with Crippen molar-refractivity contribution in [2.45, 2.75) is 38.9 Å². The van der Waals surface area contributed by atoms with Crippen LogP contribution in [-0.4, -0.2) is 48.6 Å². The minimum absolute atomic E-state index is 0.311. The van der Waals surface area contributed by atoms with Gasteiger partial charge in [-0.3, -0.25) is 9.80 Å². The van der Waals surface area contributed by atoms with Crippen molar-refractivity contribution in [2.75, 3.05) is 26.7 Å². The number of halogens is 1. The first kappa shape index (κ1) is 16.0. The van der Waals surface area contributed by atoms with Gasteiger partial charge < -0.3 is 5.73 Å². The molecule has 1 aliphatic heterocycles. The number of piperazine rings is 1. The van der Waals surface area contributed by atoms with E-state index in [9.17, 15) is 0 Å². The molecule has 112 valence electrons. The molecule has 0 aliphatic carbocycles. The van der Waals surface area contributed by atoms with Gasteiger partial charge >= 0.3 is 0 Å². The number of hydrogen-bond donors (Lipinski definition) is 1. The summed E-state index contributed by atoms with van der Waals surface area (Å²) in [4.78, 5) is 4.99. The first-order chi connectivity index (χ1) is 9.43. The van der Waals surface area contributed by atoms with E-state index in [1.165, 1.54) is 15.6 Å². The Kier molecular flexibility index (Phi) is 5.24. The number of nitrogens with zero attached hydrogens (tertiary/aromatic N) is 2. The van der Waals surface area contributed by atoms with Crippen LogP contribution in [0.5, 0.6) is 0 Å². The minimum atomic E-state index is 0.311. The molecule has 0 amide bonds. The molecule has 4 heteroatoms. The smallest absolute Gasteiger partial charge is 0.0472 e. The van der Waals surface area contributed by atoms with E-state index in [2.05, 4.69) is 71.7 Å². The van der Waals surface area contributed by atoms with Crippen LogP contribution in [0.1, 0.15) is 31.0 Å². The van der Waals surface area contributed by atoms with Gasteiger partial charge in [0.1, 0.15) is 0 Å². The van der Waals surface area contributed by atoms with E-state index >= 15 is 0 Å². The van der Waals surface area contributed by atoms with Crippen LogP contribution in [0.25, 0.3) is 0 Å². The van der Waals surface area contributed by atoms with Gasteiger partial charge in [-0.15, -0.1) is 0 Å². The molecule has 0 radical (unpaired) electrons. The summed E-state index contributed by atoms with van der Waals surface area (Å²) in [5, 5.41) is 0. The standard InChI is InChI=1S/C16H26BrN3/c1-11-5-6-14(7-15(11)17)16(8-18)20-9-12(2)19(4)13(3)10-20/h5-7,12-13,16H,8-10,18H2,1-4H3. The maximum atomic E-state index is 6.08. The van der Waals surface area contributed by atoms with E-state index in [1.54, 1.807) is 0 Å². The molecule has 1 fully saturated rings. The molecule has 0 aromatic heterocycles. The van der Waals surface area contributed by atoms with Gasteiger partial charge in [0.25, 0.3) is 0 Å². The summed E-state index contributed by atoms with van der Waals surface area (Å²) in [5.74, 6) is 0. The Hall–Kier alpha value is -0.420. The Morgan fingerprint density at radius 3 is 2.40 bits per heavy atom. The second-order valence-electron chi connectivity index (χ2n) is 6.08. The van der Waals surface area contributed by atoms with Crippen molar-refractivity contribution in [3.8, 4) is 0 Å². The maximum Gasteiger partial charge on any atom is 0.0472 e. The van der Waals surface area contributed by atoms with Crippen LogP contribution < -0.4 is 5.73 Å². The van der Waals surface area contributed by atoms with Crippen molar-refractivity contribution in [3.05, 3.63) is 33.8 Å². The number of likely N-dealkylation sites (N-methyl/N-ethyl adjacent to an activating group) is 1. The Labute approximate surface area is 131 Å². The summed E-state index contributed by atoms with van der Waals surface area (Å²) in [6.07, 6.45) is 0. The van der Waals surface area contributed by atoms with E-state index in [0.717, 1.165) is 13.1 Å². The zero-order valence-electron chi connectivity index (χ0n) is 12.9. The summed E-state index contributed by atoms with van der Waals surface area (Å²) in [6, 6.07) is 8.06. The quantitative estimate of drug-likeness (QED) is 0.918. The molecular weight excluding hydrogens is 314 g/mol. The van der Waals surface area contributed by atoms with E-state index < -0.39 is 0 Å². The SMILES string of the molecule is Cc1ccc(C(CN)N2CC(C)N(C)C(C)C2)cc1Br. The molecule has 1 aromatic rings. The number of hydrogen-bond acceptors (Lipinski definition) is 3. The maximum absolute atomic E-state index is 6.08. The second kappa shape index (κ2) is 6.56. The van der Waals surface area contributed by atoms with Gasteiger partial charge in [-0.25, -0.2) is 0 Å². The lowest BCUT2D eigenvalue weighted by molar-refractivity contribution is 0.0352. The van der Waals surface area contributed by atoms with Crippen LogP contribution in [0.3, 0.4) is 0 Å². The van der Waals surface area contributed by atoms with Crippen LogP contribution in [-0.2, 0) is 0 Å². The van der Waals surface area contributed by atoms with Crippen molar-refractivity contribution in [1.82, 2.24) is 9.80 Å². The van der Waals surface area contributed by atoms with Gasteiger partial charge in [0.05, 0.1) is 0 Å². The third-order valence-corrected chi connectivity index (χ3v) is 5.49. The molecule has 1 aliphatic rings. The van der Waals surface area contributed by atoms with Gasteiger partial charge in [-0.1, -0.05) is 28.1 Å². The van der Waals surface area contributed by atoms with E-state index in [0.29, 0.717) is 24.7 Å². The summed E-state index contributed by atoms with van der Waals surface area (Å²) in [5.41, 5.74) is 8.66. The van der Waals surface area contributed by atoms with Gasteiger partial charge in [-0.2, -0.15) is 0 Å². The predicted octanol–water partition coefficient (Wildman–Crippen LogP) is 2.78. The molecule has 0 bridgehead atoms. The van der Waals surface area contributed by atoms with E-state index in [4.69, 9.17) is 5.73 Å². The molecule has 3 atom stereocenters. The van der Waals surface area contributed by atoms with Gasteiger partial charge in [-0.05, 0) is 45.0 Å². The topological polar surface area (TPSA) is 32.5 Å². The molecule has 1 aromatic carbocycles. The highest BCUT2D eigenvalue weighted by atomic mass is 79.9. The second-order valence-corrected chi connectivity index (χ2v) is 6.93. The number of benzene rings is 1. The van der Waals surface area contributed by atoms with Crippen LogP contribution in [0.4, 0.5) is 0 Å².